The number of carbonyl (C=O) groups excluding carboxylic acids is 1. The number of hydrogen-bond acceptors (Lipinski definition) is 14. The molecule has 18 atom stereocenters. The number of oxime groups is 1. The van der Waals surface area contributed by atoms with Gasteiger partial charge in [-0.25, -0.2) is 0 Å². The van der Waals surface area contributed by atoms with Crippen molar-refractivity contribution in [2.75, 3.05) is 34.9 Å². The molecule has 0 spiro atoms. The van der Waals surface area contributed by atoms with Crippen LogP contribution in [0.4, 0.5) is 0 Å². The summed E-state index contributed by atoms with van der Waals surface area (Å²) in [6.45, 7) is 19.2. The fourth-order valence-corrected chi connectivity index (χ4v) is 10.8. The van der Waals surface area contributed by atoms with E-state index in [9.17, 15) is 25.2 Å². The first kappa shape index (κ1) is 51.3. The van der Waals surface area contributed by atoms with Crippen molar-refractivity contribution in [3.63, 3.8) is 0 Å². The van der Waals surface area contributed by atoms with Crippen LogP contribution < -0.4 is 0 Å². The monoisotopic (exact) mass is 857 g/mol. The summed E-state index contributed by atoms with van der Waals surface area (Å²) in [4.78, 5) is 22.8. The number of ether oxygens (including phenoxy) is 6. The normalized spacial score (nSPS) is 46.7. The van der Waals surface area contributed by atoms with E-state index in [1.807, 2.05) is 74.4 Å². The van der Waals surface area contributed by atoms with Crippen LogP contribution >= 0.6 is 0 Å². The van der Waals surface area contributed by atoms with Gasteiger partial charge in [0.25, 0.3) is 0 Å². The number of carbonyl (C=O) groups is 1. The van der Waals surface area contributed by atoms with Crippen LogP contribution in [0.2, 0.25) is 0 Å². The van der Waals surface area contributed by atoms with Crippen molar-refractivity contribution < 1.29 is 58.5 Å². The van der Waals surface area contributed by atoms with Crippen molar-refractivity contribution in [2.24, 2.45) is 40.7 Å². The van der Waals surface area contributed by atoms with E-state index in [0.29, 0.717) is 37.5 Å². The molecule has 0 unspecified atom stereocenters. The van der Waals surface area contributed by atoms with Crippen LogP contribution in [-0.2, 0) is 38.1 Å². The Balaban J connectivity index is 1.88. The Bertz CT molecular complexity index is 1380. The highest BCUT2D eigenvalue weighted by molar-refractivity contribution is 5.89. The summed E-state index contributed by atoms with van der Waals surface area (Å²) in [6.07, 6.45) is -0.472. The number of aliphatic hydroxyl groups excluding tert-OH is 3. The van der Waals surface area contributed by atoms with Gasteiger partial charge < -0.3 is 58.6 Å². The number of ketones is 1. The lowest BCUT2D eigenvalue weighted by atomic mass is 9.69. The van der Waals surface area contributed by atoms with E-state index >= 15 is 0 Å². The fourth-order valence-electron chi connectivity index (χ4n) is 10.8. The number of rotatable bonds is 11. The van der Waals surface area contributed by atoms with Gasteiger partial charge in [-0.2, -0.15) is 0 Å². The largest absolute Gasteiger partial charge is 0.396 e. The van der Waals surface area contributed by atoms with Crippen molar-refractivity contribution in [1.82, 2.24) is 4.90 Å². The summed E-state index contributed by atoms with van der Waals surface area (Å²) in [5.74, 6) is -2.75. The highest BCUT2D eigenvalue weighted by Gasteiger charge is 2.53. The molecule has 0 radical (unpaired) electrons. The Morgan fingerprint density at radius 3 is 2.07 bits per heavy atom. The molecule has 2 aliphatic carbocycles. The van der Waals surface area contributed by atoms with E-state index in [1.54, 1.807) is 28.1 Å². The summed E-state index contributed by atoms with van der Waals surface area (Å²) >= 11 is 0. The number of likely N-dealkylation sites (N-methyl/N-ethyl adjacent to an activating group) is 1. The Labute approximate surface area is 361 Å². The van der Waals surface area contributed by atoms with Gasteiger partial charge in [0, 0.05) is 56.8 Å². The number of hydrogen-bond donors (Lipinski definition) is 4. The molecule has 0 bridgehead atoms. The van der Waals surface area contributed by atoms with Crippen molar-refractivity contribution in [2.45, 2.75) is 212 Å². The molecule has 350 valence electrons. The maximum atomic E-state index is 14.7. The summed E-state index contributed by atoms with van der Waals surface area (Å²) in [5, 5.41) is 52.1. The Hall–Kier alpha value is -1.30. The first-order chi connectivity index (χ1) is 28.0. The minimum absolute atomic E-state index is 0.0305. The molecule has 4 N–H and O–H groups in total. The van der Waals surface area contributed by atoms with Gasteiger partial charge in [0.2, 0.25) is 0 Å². The first-order valence-corrected chi connectivity index (χ1v) is 22.9. The third kappa shape index (κ3) is 11.7. The average Bonchev–Trinajstić information content (AvgIpc) is 3.21. The van der Waals surface area contributed by atoms with Gasteiger partial charge in [0.1, 0.15) is 24.6 Å². The predicted molar refractivity (Wildman–Crippen MR) is 229 cm³/mol. The topological polar surface area (TPSA) is 178 Å². The van der Waals surface area contributed by atoms with Crippen molar-refractivity contribution in [1.29, 1.82) is 0 Å². The highest BCUT2D eigenvalue weighted by atomic mass is 16.7. The molecule has 0 aromatic carbocycles. The lowest BCUT2D eigenvalue weighted by molar-refractivity contribution is -0.318. The van der Waals surface area contributed by atoms with Crippen LogP contribution in [0, 0.1) is 35.5 Å². The molecule has 2 saturated carbocycles. The third-order valence-corrected chi connectivity index (χ3v) is 15.1. The standard InChI is InChI=1S/C46H84N2O12/c1-15-33-22-35(49)28(4)39(59-36-24-44(8,54-13)41(52)31(7)58-36)30(6)42(60-43-38(50)34(48(11)12)21-27(3)57-43)45(9,55-14)23-26(2)37(29(5)40(51)46(33,10)53)47-56-25-32-19-17-16-18-20-32/h26-34,36,38-43,50-53H,15-25H2,1-14H3/b47-37+/t26-,27-,28+,29+,30+,31+,33+,34+,36+,38-,39-,40-,41+,42-,43+,44-,45-,46-/m1/s1. The second kappa shape index (κ2) is 21.6. The quantitative estimate of drug-likeness (QED) is 0.192. The number of aliphatic hydroxyl groups is 4. The van der Waals surface area contributed by atoms with E-state index in [-0.39, 0.29) is 36.7 Å². The molecule has 14 nitrogen and oxygen atoms in total. The molecule has 4 rings (SSSR count). The second-order valence-electron chi connectivity index (χ2n) is 20.0. The lowest BCUT2D eigenvalue weighted by Crippen LogP contribution is -2.61. The maximum Gasteiger partial charge on any atom is 0.185 e. The first-order valence-electron chi connectivity index (χ1n) is 22.9. The summed E-state index contributed by atoms with van der Waals surface area (Å²) in [7, 11) is 7.02. The van der Waals surface area contributed by atoms with E-state index < -0.39 is 89.7 Å². The van der Waals surface area contributed by atoms with Crippen molar-refractivity contribution in [3.05, 3.63) is 0 Å². The smallest absolute Gasteiger partial charge is 0.185 e. The van der Waals surface area contributed by atoms with E-state index in [0.717, 1.165) is 25.7 Å². The van der Waals surface area contributed by atoms with E-state index in [4.69, 9.17) is 38.4 Å². The van der Waals surface area contributed by atoms with Gasteiger partial charge in [0.05, 0.1) is 53.0 Å². The van der Waals surface area contributed by atoms with Crippen LogP contribution in [0.1, 0.15) is 133 Å². The highest BCUT2D eigenvalue weighted by Crippen LogP contribution is 2.43. The summed E-state index contributed by atoms with van der Waals surface area (Å²) < 4.78 is 39.0. The van der Waals surface area contributed by atoms with Gasteiger partial charge in [-0.3, -0.25) is 4.79 Å². The number of methoxy groups -OCH3 is 2. The molecule has 4 fully saturated rings. The van der Waals surface area contributed by atoms with Gasteiger partial charge in [-0.1, -0.05) is 65.5 Å². The van der Waals surface area contributed by atoms with Crippen LogP contribution in [-0.4, -0.2) is 150 Å². The summed E-state index contributed by atoms with van der Waals surface area (Å²) in [5.41, 5.74) is -3.21. The van der Waals surface area contributed by atoms with Gasteiger partial charge in [-0.15, -0.1) is 0 Å². The SMILES string of the molecule is CC[C@H]1CC(=O)[C@H](C)[C@@H](O[C@H]2C[C@@](C)(OC)[C@@H](O)[C@H](C)O2)[C@H](C)[C@@H](O[C@@H]2O[C@H](C)C[C@H](N(C)C)[C@H]2O)[C@](C)(OC)C[C@@H](C)/C(=N\OCC2CCCCC2)[C@H](C)[C@@H](O)[C@]1(C)O. The summed E-state index contributed by atoms with van der Waals surface area (Å²) in [6, 6.07) is -0.246. The molecular weight excluding hydrogens is 773 g/mol. The minimum atomic E-state index is -1.66. The molecular formula is C46H84N2O12. The molecule has 4 aliphatic rings. The van der Waals surface area contributed by atoms with Crippen LogP contribution in [0.15, 0.2) is 5.16 Å². The second-order valence-corrected chi connectivity index (χ2v) is 20.0. The zero-order chi connectivity index (χ0) is 44.9. The molecule has 0 amide bonds. The van der Waals surface area contributed by atoms with Crippen LogP contribution in [0.25, 0.3) is 0 Å². The van der Waals surface area contributed by atoms with Crippen molar-refractivity contribution in [3.8, 4) is 0 Å². The fraction of sp³-hybridized carbons (Fsp3) is 0.957. The molecule has 2 heterocycles. The van der Waals surface area contributed by atoms with Crippen LogP contribution in [0.5, 0.6) is 0 Å². The Kier molecular flexibility index (Phi) is 18.5. The average molecular weight is 857 g/mol. The Morgan fingerprint density at radius 1 is 0.850 bits per heavy atom. The molecule has 14 heteroatoms. The predicted octanol–water partition coefficient (Wildman–Crippen LogP) is 5.49. The molecule has 2 aliphatic heterocycles. The molecule has 60 heavy (non-hydrogen) atoms. The third-order valence-electron chi connectivity index (χ3n) is 15.1. The van der Waals surface area contributed by atoms with Gasteiger partial charge in [0.15, 0.2) is 12.6 Å². The van der Waals surface area contributed by atoms with Gasteiger partial charge in [-0.05, 0) is 86.2 Å². The molecule has 0 aromatic heterocycles. The Morgan fingerprint density at radius 2 is 1.48 bits per heavy atom. The number of Topliss-reactive ketones (excluding diaryl/α,β-unsaturated/α-hetero) is 1. The van der Waals surface area contributed by atoms with E-state index in [1.165, 1.54) is 6.42 Å². The number of nitrogens with zero attached hydrogens (tertiary/aromatic N) is 2. The minimum Gasteiger partial charge on any atom is -0.396 e. The molecule has 2 saturated heterocycles. The van der Waals surface area contributed by atoms with Crippen molar-refractivity contribution >= 4 is 11.5 Å². The zero-order valence-corrected chi connectivity index (χ0v) is 39.5. The lowest BCUT2D eigenvalue weighted by Gasteiger charge is -2.50. The zero-order valence-electron chi connectivity index (χ0n) is 39.5. The van der Waals surface area contributed by atoms with Crippen LogP contribution in [0.3, 0.4) is 0 Å². The van der Waals surface area contributed by atoms with Gasteiger partial charge >= 0.3 is 0 Å². The molecule has 0 aromatic rings. The maximum absolute atomic E-state index is 14.7. The van der Waals surface area contributed by atoms with E-state index in [2.05, 4.69) is 0 Å².